The Balaban J connectivity index is 2.12. The summed E-state index contributed by atoms with van der Waals surface area (Å²) in [6.07, 6.45) is 0. The standard InChI is InChI=1S/C13H10BrClFN/c14-11-3-1-2-4-13(11)17-8-9-7-10(15)5-6-12(9)16/h1-7,17H,8H2. The number of halogens is 3. The van der Waals surface area contributed by atoms with E-state index in [1.165, 1.54) is 6.07 Å². The molecule has 0 saturated carbocycles. The Morgan fingerprint density at radius 1 is 1.18 bits per heavy atom. The molecule has 2 rings (SSSR count). The monoisotopic (exact) mass is 313 g/mol. The zero-order chi connectivity index (χ0) is 12.3. The lowest BCUT2D eigenvalue weighted by molar-refractivity contribution is 0.613. The van der Waals surface area contributed by atoms with Gasteiger partial charge < -0.3 is 5.32 Å². The highest BCUT2D eigenvalue weighted by molar-refractivity contribution is 9.10. The molecule has 0 bridgehead atoms. The highest BCUT2D eigenvalue weighted by Crippen LogP contribution is 2.23. The normalized spacial score (nSPS) is 10.3. The summed E-state index contributed by atoms with van der Waals surface area (Å²) in [4.78, 5) is 0. The fourth-order valence-electron chi connectivity index (χ4n) is 1.47. The van der Waals surface area contributed by atoms with Crippen molar-refractivity contribution in [3.63, 3.8) is 0 Å². The van der Waals surface area contributed by atoms with Gasteiger partial charge in [-0.3, -0.25) is 0 Å². The van der Waals surface area contributed by atoms with E-state index in [2.05, 4.69) is 21.2 Å². The van der Waals surface area contributed by atoms with Crippen molar-refractivity contribution in [2.75, 3.05) is 5.32 Å². The maximum atomic E-state index is 13.5. The molecular weight excluding hydrogens is 305 g/mol. The molecule has 1 nitrogen and oxygen atoms in total. The first kappa shape index (κ1) is 12.4. The van der Waals surface area contributed by atoms with Crippen molar-refractivity contribution < 1.29 is 4.39 Å². The Labute approximate surface area is 113 Å². The third-order valence-electron chi connectivity index (χ3n) is 2.35. The fourth-order valence-corrected chi connectivity index (χ4v) is 2.09. The molecule has 4 heteroatoms. The van der Waals surface area contributed by atoms with Gasteiger partial charge in [-0.25, -0.2) is 4.39 Å². The smallest absolute Gasteiger partial charge is 0.128 e. The molecule has 17 heavy (non-hydrogen) atoms. The van der Waals surface area contributed by atoms with Crippen LogP contribution in [0.1, 0.15) is 5.56 Å². The van der Waals surface area contributed by atoms with Crippen LogP contribution in [-0.2, 0) is 6.54 Å². The Morgan fingerprint density at radius 2 is 1.94 bits per heavy atom. The molecule has 0 unspecified atom stereocenters. The van der Waals surface area contributed by atoms with Crippen molar-refractivity contribution >= 4 is 33.2 Å². The van der Waals surface area contributed by atoms with Crippen molar-refractivity contribution in [1.82, 2.24) is 0 Å². The first-order valence-corrected chi connectivity index (χ1v) is 6.26. The van der Waals surface area contributed by atoms with E-state index in [-0.39, 0.29) is 5.82 Å². The van der Waals surface area contributed by atoms with Crippen LogP contribution >= 0.6 is 27.5 Å². The van der Waals surface area contributed by atoms with Crippen LogP contribution in [0.2, 0.25) is 5.02 Å². The molecular formula is C13H10BrClFN. The van der Waals surface area contributed by atoms with E-state index in [0.717, 1.165) is 10.2 Å². The van der Waals surface area contributed by atoms with Crippen molar-refractivity contribution in [2.24, 2.45) is 0 Å². The molecule has 0 fully saturated rings. The van der Waals surface area contributed by atoms with Crippen LogP contribution in [0, 0.1) is 5.82 Å². The summed E-state index contributed by atoms with van der Waals surface area (Å²) in [7, 11) is 0. The highest BCUT2D eigenvalue weighted by atomic mass is 79.9. The predicted molar refractivity (Wildman–Crippen MR) is 72.9 cm³/mol. The number of anilines is 1. The Hall–Kier alpha value is -1.06. The highest BCUT2D eigenvalue weighted by Gasteiger charge is 2.04. The summed E-state index contributed by atoms with van der Waals surface area (Å²) in [6.45, 7) is 0.398. The largest absolute Gasteiger partial charge is 0.380 e. The van der Waals surface area contributed by atoms with Gasteiger partial charge in [0, 0.05) is 27.3 Å². The molecule has 1 N–H and O–H groups in total. The molecule has 0 radical (unpaired) electrons. The molecule has 0 spiro atoms. The summed E-state index contributed by atoms with van der Waals surface area (Å²) < 4.78 is 14.4. The lowest BCUT2D eigenvalue weighted by atomic mass is 10.2. The van der Waals surface area contributed by atoms with Crippen LogP contribution in [0.25, 0.3) is 0 Å². The van der Waals surface area contributed by atoms with E-state index >= 15 is 0 Å². The summed E-state index contributed by atoms with van der Waals surface area (Å²) in [5, 5.41) is 3.69. The van der Waals surface area contributed by atoms with Gasteiger partial charge in [-0.2, -0.15) is 0 Å². The number of hydrogen-bond acceptors (Lipinski definition) is 1. The van der Waals surface area contributed by atoms with Gasteiger partial charge in [0.1, 0.15) is 5.82 Å². The molecule has 0 aliphatic rings. The van der Waals surface area contributed by atoms with Gasteiger partial charge in [0.25, 0.3) is 0 Å². The molecule has 0 heterocycles. The van der Waals surface area contributed by atoms with Gasteiger partial charge in [0.05, 0.1) is 0 Å². The molecule has 0 amide bonds. The van der Waals surface area contributed by atoms with Crippen molar-refractivity contribution in [1.29, 1.82) is 0 Å². The predicted octanol–water partition coefficient (Wildman–Crippen LogP) is 4.85. The maximum Gasteiger partial charge on any atom is 0.128 e. The third-order valence-corrected chi connectivity index (χ3v) is 3.28. The SMILES string of the molecule is Fc1ccc(Cl)cc1CNc1ccccc1Br. The minimum atomic E-state index is -0.256. The van der Waals surface area contributed by atoms with Gasteiger partial charge in [-0.15, -0.1) is 0 Å². The van der Waals surface area contributed by atoms with Crippen molar-refractivity contribution in [3.05, 3.63) is 63.3 Å². The Bertz CT molecular complexity index is 531. The maximum absolute atomic E-state index is 13.5. The average Bonchev–Trinajstić information content (AvgIpc) is 2.32. The second-order valence-corrected chi connectivity index (χ2v) is 4.86. The molecule has 0 aliphatic carbocycles. The lowest BCUT2D eigenvalue weighted by Crippen LogP contribution is -2.02. The van der Waals surface area contributed by atoms with E-state index in [1.807, 2.05) is 24.3 Å². The molecule has 88 valence electrons. The summed E-state index contributed by atoms with van der Waals surface area (Å²) >= 11 is 9.25. The molecule has 0 aromatic heterocycles. The quantitative estimate of drug-likeness (QED) is 0.853. The zero-order valence-corrected chi connectivity index (χ0v) is 11.2. The van der Waals surface area contributed by atoms with Gasteiger partial charge in [-0.05, 0) is 46.3 Å². The van der Waals surface area contributed by atoms with Crippen molar-refractivity contribution in [3.8, 4) is 0 Å². The minimum Gasteiger partial charge on any atom is -0.380 e. The lowest BCUT2D eigenvalue weighted by Gasteiger charge is -2.09. The van der Waals surface area contributed by atoms with Crippen molar-refractivity contribution in [2.45, 2.75) is 6.54 Å². The van der Waals surface area contributed by atoms with E-state index in [1.54, 1.807) is 12.1 Å². The molecule has 2 aromatic carbocycles. The summed E-state index contributed by atoms with van der Waals surface area (Å²) in [6, 6.07) is 12.2. The second kappa shape index (κ2) is 5.52. The van der Waals surface area contributed by atoms with Crippen LogP contribution < -0.4 is 5.32 Å². The molecule has 0 saturated heterocycles. The van der Waals surface area contributed by atoms with Gasteiger partial charge in [0.2, 0.25) is 0 Å². The van der Waals surface area contributed by atoms with E-state index in [4.69, 9.17) is 11.6 Å². The Kier molecular flexibility index (Phi) is 4.02. The van der Waals surface area contributed by atoms with E-state index in [9.17, 15) is 4.39 Å². The van der Waals surface area contributed by atoms with Crippen LogP contribution in [-0.4, -0.2) is 0 Å². The van der Waals surface area contributed by atoms with Gasteiger partial charge in [-0.1, -0.05) is 23.7 Å². The first-order chi connectivity index (χ1) is 8.16. The Morgan fingerprint density at radius 3 is 2.71 bits per heavy atom. The fraction of sp³-hybridized carbons (Fsp3) is 0.0769. The van der Waals surface area contributed by atoms with E-state index in [0.29, 0.717) is 17.1 Å². The summed E-state index contributed by atoms with van der Waals surface area (Å²) in [5.41, 5.74) is 1.47. The topological polar surface area (TPSA) is 12.0 Å². The summed E-state index contributed by atoms with van der Waals surface area (Å²) in [5.74, 6) is -0.256. The van der Waals surface area contributed by atoms with E-state index < -0.39 is 0 Å². The molecule has 2 aromatic rings. The second-order valence-electron chi connectivity index (χ2n) is 3.57. The van der Waals surface area contributed by atoms with Crippen LogP contribution in [0.3, 0.4) is 0 Å². The number of para-hydroxylation sites is 1. The first-order valence-electron chi connectivity index (χ1n) is 5.09. The number of nitrogens with one attached hydrogen (secondary N) is 1. The molecule has 0 atom stereocenters. The number of rotatable bonds is 3. The number of benzene rings is 2. The average molecular weight is 315 g/mol. The minimum absolute atomic E-state index is 0.256. The zero-order valence-electron chi connectivity index (χ0n) is 8.88. The van der Waals surface area contributed by atoms with Crippen LogP contribution in [0.4, 0.5) is 10.1 Å². The van der Waals surface area contributed by atoms with Crippen LogP contribution in [0.15, 0.2) is 46.9 Å². The van der Waals surface area contributed by atoms with Gasteiger partial charge >= 0.3 is 0 Å². The van der Waals surface area contributed by atoms with Gasteiger partial charge in [0.15, 0.2) is 0 Å². The molecule has 0 aliphatic heterocycles. The van der Waals surface area contributed by atoms with Crippen LogP contribution in [0.5, 0.6) is 0 Å². The third kappa shape index (κ3) is 3.20. The number of hydrogen-bond donors (Lipinski definition) is 1.